The number of aromatic nitrogens is 2. The molecule has 554 valence electrons. The summed E-state index contributed by atoms with van der Waals surface area (Å²) in [5.74, 6) is -16.4. The fourth-order valence-corrected chi connectivity index (χ4v) is 12.0. The summed E-state index contributed by atoms with van der Waals surface area (Å²) in [4.78, 5) is 206. The third kappa shape index (κ3) is 29.2. The summed E-state index contributed by atoms with van der Waals surface area (Å²) < 4.78 is 0. The number of rotatable bonds is 31. The Morgan fingerprint density at radius 3 is 1.84 bits per heavy atom. The van der Waals surface area contributed by atoms with Gasteiger partial charge in [-0.25, -0.2) is 4.98 Å². The number of nitrogens with zero attached hydrogens (tertiary/aromatic N) is 2. The van der Waals surface area contributed by atoms with Gasteiger partial charge in [-0.3, -0.25) is 62.5 Å². The van der Waals surface area contributed by atoms with Crippen LogP contribution in [0.15, 0.2) is 47.8 Å². The van der Waals surface area contributed by atoms with Crippen LogP contribution >= 0.6 is 11.8 Å². The van der Waals surface area contributed by atoms with Crippen molar-refractivity contribution in [3.8, 4) is 0 Å². The molecule has 1 aromatic carbocycles. The second-order valence-corrected chi connectivity index (χ2v) is 27.1. The summed E-state index contributed by atoms with van der Waals surface area (Å²) in [6, 6.07) is -7.73. The van der Waals surface area contributed by atoms with E-state index in [9.17, 15) is 77.3 Å². The van der Waals surface area contributed by atoms with Gasteiger partial charge in [-0.15, -0.1) is 0 Å². The summed E-state index contributed by atoms with van der Waals surface area (Å²) >= 11 is 1.19. The molecule has 18 N–H and O–H groups in total. The van der Waals surface area contributed by atoms with Gasteiger partial charge < -0.3 is 100 Å². The van der Waals surface area contributed by atoms with Crippen LogP contribution in [0.1, 0.15) is 150 Å². The smallest absolute Gasteiger partial charge is 0.550 e. The minimum Gasteiger partial charge on any atom is -0.550 e. The number of primary amides is 1. The third-order valence-corrected chi connectivity index (χ3v) is 18.7. The minimum absolute atomic E-state index is 0. The summed E-state index contributed by atoms with van der Waals surface area (Å²) in [6.07, 6.45) is -0.0657. The Morgan fingerprint density at radius 1 is 0.663 bits per heavy atom. The number of aliphatic imine (C=N–C) groups is 1. The molecule has 0 spiro atoms. The predicted molar refractivity (Wildman–Crippen MR) is 364 cm³/mol. The molecule has 1 fully saturated rings. The Hall–Kier alpha value is -8.43. The van der Waals surface area contributed by atoms with E-state index in [-0.39, 0.29) is 121 Å². The van der Waals surface area contributed by atoms with Crippen molar-refractivity contribution in [3.63, 3.8) is 0 Å². The van der Waals surface area contributed by atoms with Crippen molar-refractivity contribution >= 4 is 99.6 Å². The Bertz CT molecular complexity index is 3170. The van der Waals surface area contributed by atoms with Crippen molar-refractivity contribution in [3.05, 3.63) is 54.1 Å². The number of carboxylic acids is 2. The molecule has 0 radical (unpaired) electrons. The maximum Gasteiger partial charge on any atom is 2.00 e. The van der Waals surface area contributed by atoms with Crippen LogP contribution in [0.25, 0.3) is 0 Å². The van der Waals surface area contributed by atoms with E-state index in [1.165, 1.54) is 24.3 Å². The summed E-state index contributed by atoms with van der Waals surface area (Å²) in [5.41, 5.74) is 18.7. The topological polar surface area (TPSA) is 537 Å². The van der Waals surface area contributed by atoms with Gasteiger partial charge in [0.05, 0.1) is 30.4 Å². The van der Waals surface area contributed by atoms with Crippen molar-refractivity contribution in [1.82, 2.24) is 68.5 Å². The molecule has 15 atom stereocenters. The van der Waals surface area contributed by atoms with E-state index in [1.54, 1.807) is 71.9 Å². The zero-order valence-corrected chi connectivity index (χ0v) is 62.6. The first-order valence-electron chi connectivity index (χ1n) is 34.1. The second-order valence-electron chi connectivity index (χ2n) is 25.9. The zero-order chi connectivity index (χ0) is 74.3. The van der Waals surface area contributed by atoms with Gasteiger partial charge in [0, 0.05) is 49.6 Å². The normalized spacial score (nSPS) is 22.9. The molecule has 101 heavy (non-hydrogen) atoms. The largest absolute Gasteiger partial charge is 2.00 e. The van der Waals surface area contributed by atoms with Gasteiger partial charge in [0.15, 0.2) is 0 Å². The Labute approximate surface area is 605 Å². The number of hydrogen-bond donors (Lipinski definition) is 15. The summed E-state index contributed by atoms with van der Waals surface area (Å²) in [5, 5.41) is 52.5. The van der Waals surface area contributed by atoms with Crippen LogP contribution in [-0.4, -0.2) is 189 Å². The van der Waals surface area contributed by atoms with Crippen LogP contribution in [0.3, 0.4) is 0 Å². The van der Waals surface area contributed by atoms with E-state index in [0.29, 0.717) is 10.6 Å². The second kappa shape index (κ2) is 44.1. The van der Waals surface area contributed by atoms with Gasteiger partial charge in [0.2, 0.25) is 70.9 Å². The molecule has 0 aliphatic carbocycles. The first kappa shape index (κ1) is 86.8. The monoisotopic (exact) mass is 1480 g/mol. The molecule has 7 unspecified atom stereocenters. The number of hydrogen-bond acceptors (Lipinski definition) is 21. The molecule has 1 aromatic heterocycles. The van der Waals surface area contributed by atoms with Crippen LogP contribution < -0.4 is 85.9 Å². The number of imidazole rings is 1. The molecule has 4 rings (SSSR count). The van der Waals surface area contributed by atoms with Gasteiger partial charge in [-0.05, 0) is 87.1 Å². The van der Waals surface area contributed by atoms with E-state index in [4.69, 9.17) is 17.2 Å². The molecule has 35 heteroatoms. The summed E-state index contributed by atoms with van der Waals surface area (Å²) in [7, 11) is 0. The van der Waals surface area contributed by atoms with Crippen LogP contribution in [0, 0.1) is 23.7 Å². The van der Waals surface area contributed by atoms with Crippen molar-refractivity contribution in [1.29, 1.82) is 0 Å². The average molecular weight is 1490 g/mol. The van der Waals surface area contributed by atoms with E-state index in [1.807, 2.05) is 13.8 Å². The predicted octanol–water partition coefficient (Wildman–Crippen LogP) is -4.35. The maximum atomic E-state index is 14.9. The SMILES string of the molecule is CCC(C)C(N)C1=NCC(C(=O)N[C@@H](CC(C)C)C(=O)N[C@H](CCC(=O)[O-])C(=O)N[C@H](C(=O)N[C@H]2CCCCNC(=O)C(CC(N)=O)NC(=O)C(CC(=O)[O-])NC(=O)[C@H](Cc3cnc[nH]3)NC(=O)C(Cc3ccccc3)NC(=O)[C@H]([C@@H](C)CC)NC(=O)C(CCCN)NC2=O)[C@@H](C)CC)S1.[Zn+2]. The average Bonchev–Trinajstić information content (AvgIpc) is 1.78. The Morgan fingerprint density at radius 2 is 1.26 bits per heavy atom. The van der Waals surface area contributed by atoms with Crippen LogP contribution in [0.4, 0.5) is 0 Å². The van der Waals surface area contributed by atoms with E-state index < -0.39 is 192 Å². The number of nitrogens with one attached hydrogen (secondary N) is 12. The molecular formula is C66H101N17O16SZn. The van der Waals surface area contributed by atoms with Gasteiger partial charge >= 0.3 is 19.5 Å². The van der Waals surface area contributed by atoms with Crippen molar-refractivity contribution < 1.29 is 96.8 Å². The molecule has 12 amide bonds. The van der Waals surface area contributed by atoms with Gasteiger partial charge in [0.25, 0.3) is 0 Å². The van der Waals surface area contributed by atoms with Crippen molar-refractivity contribution in [2.24, 2.45) is 45.9 Å². The zero-order valence-electron chi connectivity index (χ0n) is 58.8. The number of H-pyrrole nitrogens is 1. The molecule has 0 bridgehead atoms. The van der Waals surface area contributed by atoms with E-state index in [2.05, 4.69) is 73.4 Å². The summed E-state index contributed by atoms with van der Waals surface area (Å²) in [6.45, 7) is 14.1. The van der Waals surface area contributed by atoms with Crippen LogP contribution in [0.5, 0.6) is 0 Å². The quantitative estimate of drug-likeness (QED) is 0.0317. The van der Waals surface area contributed by atoms with Gasteiger partial charge in [0.1, 0.15) is 65.7 Å². The molecule has 2 aliphatic rings. The van der Waals surface area contributed by atoms with Crippen molar-refractivity contribution in [2.75, 3.05) is 19.6 Å². The molecule has 0 saturated carbocycles. The van der Waals surface area contributed by atoms with E-state index in [0.717, 1.165) is 6.42 Å². The number of nitrogens with two attached hydrogens (primary N) is 3. The van der Waals surface area contributed by atoms with Crippen LogP contribution in [0.2, 0.25) is 0 Å². The molecule has 1 saturated heterocycles. The minimum atomic E-state index is -2.01. The van der Waals surface area contributed by atoms with Gasteiger partial charge in [-0.1, -0.05) is 117 Å². The number of thioether (sulfide) groups is 1. The van der Waals surface area contributed by atoms with Gasteiger partial charge in [-0.2, -0.15) is 0 Å². The maximum absolute atomic E-state index is 14.9. The first-order valence-corrected chi connectivity index (χ1v) is 34.9. The molecule has 33 nitrogen and oxygen atoms in total. The Kier molecular flexibility index (Phi) is 37.9. The third-order valence-electron chi connectivity index (χ3n) is 17.5. The number of benzene rings is 1. The fraction of sp³-hybridized carbons (Fsp3) is 0.636. The standard InChI is InChI=1S/C66H103N17O16S.Zn/c1-9-35(6)52(69)66-72-32-48(100-66)63(97)80-43(26-34(4)5)59(93)75-42(22-23-50(85)86)58(92)83-53(36(7)10-2)64(98)76-40-20-15-16-25-71-55(89)46(29-49(68)84)78-62(96)47(30-51(87)88)79-61(95)45(28-39-31-70-33-73-39)77-60(94)44(27-38-18-13-12-14-19-38)81-65(99)54(37(8)11-3)82-57(91)41(21-17-24-67)74-56(40)90;/h12-14,18-19,31,33-37,40-48,52-54H,9-11,15-17,20-30,32,67,69H2,1-8H3,(H2,68,84)(H,70,73)(H,71,89)(H,74,90)(H,75,93)(H,76,98)(H,77,94)(H,78,96)(H,79,95)(H,80,97)(H,81,99)(H,82,91)(H,83,92)(H,85,86)(H,87,88);/q;+2/p-2/t35?,36-,37-,40-,41?,42+,43-,44?,45-,46?,47?,48?,52?,53-,54-;/m0./s1. The fourth-order valence-electron chi connectivity index (χ4n) is 10.8. The first-order chi connectivity index (χ1) is 47.4. The number of carboxylic acid groups (broad SMARTS) is 2. The number of carbonyl (C=O) groups is 14. The number of amides is 12. The van der Waals surface area contributed by atoms with Crippen LogP contribution in [-0.2, 0) is 99.4 Å². The molecular weight excluding hydrogens is 1380 g/mol. The molecule has 2 aliphatic heterocycles. The van der Waals surface area contributed by atoms with E-state index >= 15 is 0 Å². The molecule has 3 heterocycles. The number of aliphatic carboxylic acids is 2. The number of carbonyl (C=O) groups excluding carboxylic acids is 14. The number of aromatic amines is 1. The molecule has 2 aromatic rings. The Balaban J connectivity index is 0.0000265. The van der Waals surface area contributed by atoms with Crippen molar-refractivity contribution in [2.45, 2.75) is 223 Å².